The Morgan fingerprint density at radius 1 is 1.09 bits per heavy atom. The van der Waals surface area contributed by atoms with Crippen LogP contribution in [-0.4, -0.2) is 68.9 Å². The number of piperidine rings is 1. The van der Waals surface area contributed by atoms with Gasteiger partial charge in [-0.1, -0.05) is 29.8 Å². The lowest BCUT2D eigenvalue weighted by atomic mass is 10.0. The lowest BCUT2D eigenvalue weighted by Gasteiger charge is -2.33. The van der Waals surface area contributed by atoms with Gasteiger partial charge in [0.1, 0.15) is 17.7 Å². The molecule has 0 bridgehead atoms. The van der Waals surface area contributed by atoms with E-state index in [1.54, 1.807) is 12.1 Å². The van der Waals surface area contributed by atoms with Gasteiger partial charge in [-0.15, -0.1) is 0 Å². The van der Waals surface area contributed by atoms with Gasteiger partial charge in [-0.2, -0.15) is 0 Å². The molecule has 0 spiro atoms. The molecule has 0 aliphatic carbocycles. The van der Waals surface area contributed by atoms with Gasteiger partial charge >= 0.3 is 0 Å². The van der Waals surface area contributed by atoms with Crippen LogP contribution in [0.3, 0.4) is 0 Å². The number of halogens is 2. The Kier molecular flexibility index (Phi) is 8.61. The molecule has 0 aromatic heterocycles. The van der Waals surface area contributed by atoms with Crippen molar-refractivity contribution in [3.8, 4) is 5.75 Å². The van der Waals surface area contributed by atoms with Gasteiger partial charge in [0.05, 0.1) is 13.2 Å². The van der Waals surface area contributed by atoms with E-state index in [1.165, 1.54) is 12.1 Å². The smallest absolute Gasteiger partial charge is 0.195 e. The second kappa shape index (κ2) is 11.6. The van der Waals surface area contributed by atoms with E-state index < -0.39 is 5.79 Å². The van der Waals surface area contributed by atoms with E-state index in [9.17, 15) is 4.39 Å². The molecule has 0 N–H and O–H groups in total. The Morgan fingerprint density at radius 2 is 1.82 bits per heavy atom. The van der Waals surface area contributed by atoms with Crippen molar-refractivity contribution < 1.29 is 18.6 Å². The molecule has 180 valence electrons. The maximum atomic E-state index is 13.3. The Hall–Kier alpha value is -1.70. The summed E-state index contributed by atoms with van der Waals surface area (Å²) in [5.41, 5.74) is 0.895. The van der Waals surface area contributed by atoms with Gasteiger partial charge in [-0.25, -0.2) is 4.39 Å². The van der Waals surface area contributed by atoms with Crippen molar-refractivity contribution in [3.05, 3.63) is 64.9 Å². The van der Waals surface area contributed by atoms with Crippen LogP contribution in [0, 0.1) is 5.82 Å². The summed E-state index contributed by atoms with van der Waals surface area (Å²) in [5, 5.41) is 0.711. The Labute approximate surface area is 201 Å². The van der Waals surface area contributed by atoms with Crippen LogP contribution in [-0.2, 0) is 15.3 Å². The third-order valence-electron chi connectivity index (χ3n) is 6.51. The van der Waals surface area contributed by atoms with E-state index in [0.29, 0.717) is 18.2 Å². The zero-order valence-electron chi connectivity index (χ0n) is 19.3. The van der Waals surface area contributed by atoms with E-state index in [-0.39, 0.29) is 11.9 Å². The molecule has 7 heteroatoms. The second-order valence-electron chi connectivity index (χ2n) is 8.98. The van der Waals surface area contributed by atoms with Crippen molar-refractivity contribution in [1.29, 1.82) is 0 Å². The molecule has 2 aliphatic rings. The zero-order valence-corrected chi connectivity index (χ0v) is 20.1. The molecule has 2 aliphatic heterocycles. The predicted molar refractivity (Wildman–Crippen MR) is 128 cm³/mol. The van der Waals surface area contributed by atoms with Crippen LogP contribution in [0.5, 0.6) is 5.75 Å². The molecule has 0 unspecified atom stereocenters. The first-order valence-corrected chi connectivity index (χ1v) is 12.3. The molecule has 33 heavy (non-hydrogen) atoms. The van der Waals surface area contributed by atoms with Crippen molar-refractivity contribution in [1.82, 2.24) is 9.80 Å². The molecule has 2 heterocycles. The Balaban J connectivity index is 1.15. The van der Waals surface area contributed by atoms with Gasteiger partial charge in [0.15, 0.2) is 5.79 Å². The molecule has 5 nitrogen and oxygen atoms in total. The van der Waals surface area contributed by atoms with Gasteiger partial charge in [0.25, 0.3) is 0 Å². The molecular formula is C26H34ClFN2O3. The fourth-order valence-electron chi connectivity index (χ4n) is 4.60. The first-order valence-electron chi connectivity index (χ1n) is 11.9. The SMILES string of the molecule is CN(CCCC1(c2ccc(F)cc2)OCCO1)CCN1CCC(Oc2cccc(Cl)c2)CC1. The van der Waals surface area contributed by atoms with Crippen LogP contribution in [0.15, 0.2) is 48.5 Å². The topological polar surface area (TPSA) is 34.2 Å². The predicted octanol–water partition coefficient (Wildman–Crippen LogP) is 4.93. The van der Waals surface area contributed by atoms with Crippen LogP contribution in [0.1, 0.15) is 31.2 Å². The largest absolute Gasteiger partial charge is 0.490 e. The van der Waals surface area contributed by atoms with Crippen molar-refractivity contribution in [2.45, 2.75) is 37.6 Å². The highest BCUT2D eigenvalue weighted by atomic mass is 35.5. The van der Waals surface area contributed by atoms with Crippen LogP contribution >= 0.6 is 11.6 Å². The minimum absolute atomic E-state index is 0.244. The third kappa shape index (κ3) is 6.90. The van der Waals surface area contributed by atoms with Crippen LogP contribution < -0.4 is 4.74 Å². The molecule has 2 fully saturated rings. The average Bonchev–Trinajstić information content (AvgIpc) is 3.29. The summed E-state index contributed by atoms with van der Waals surface area (Å²) in [6.45, 7) is 6.28. The van der Waals surface area contributed by atoms with Crippen molar-refractivity contribution in [2.24, 2.45) is 0 Å². The highest BCUT2D eigenvalue weighted by molar-refractivity contribution is 6.30. The summed E-state index contributed by atoms with van der Waals surface area (Å²) < 4.78 is 31.4. The van der Waals surface area contributed by atoms with Crippen LogP contribution in [0.4, 0.5) is 4.39 Å². The number of ether oxygens (including phenoxy) is 3. The van der Waals surface area contributed by atoms with Crippen LogP contribution in [0.25, 0.3) is 0 Å². The second-order valence-corrected chi connectivity index (χ2v) is 9.42. The molecule has 0 saturated carbocycles. The minimum atomic E-state index is -0.737. The third-order valence-corrected chi connectivity index (χ3v) is 6.75. The number of hydrogen-bond acceptors (Lipinski definition) is 5. The number of likely N-dealkylation sites (N-methyl/N-ethyl adjacent to an activating group) is 1. The lowest BCUT2D eigenvalue weighted by molar-refractivity contribution is -0.172. The van der Waals surface area contributed by atoms with Gasteiger partial charge in [-0.3, -0.25) is 0 Å². The molecule has 0 radical (unpaired) electrons. The van der Waals surface area contributed by atoms with Crippen molar-refractivity contribution in [3.63, 3.8) is 0 Å². The standard InChI is InChI=1S/C26H34ClFN2O3/c1-29(13-3-12-26(31-18-19-32-26)21-6-8-23(28)9-7-21)16-17-30-14-10-24(11-15-30)33-25-5-2-4-22(27)20-25/h2,4-9,20,24H,3,10-19H2,1H3. The average molecular weight is 477 g/mol. The van der Waals surface area contributed by atoms with Gasteiger partial charge in [-0.05, 0) is 63.2 Å². The summed E-state index contributed by atoms with van der Waals surface area (Å²) in [4.78, 5) is 4.87. The van der Waals surface area contributed by atoms with E-state index in [0.717, 1.165) is 69.7 Å². The van der Waals surface area contributed by atoms with Gasteiger partial charge in [0, 0.05) is 43.2 Å². The summed E-state index contributed by atoms with van der Waals surface area (Å²) in [6, 6.07) is 14.1. The maximum Gasteiger partial charge on any atom is 0.195 e. The fourth-order valence-corrected chi connectivity index (χ4v) is 4.78. The van der Waals surface area contributed by atoms with E-state index in [2.05, 4.69) is 16.8 Å². The first-order chi connectivity index (χ1) is 16.0. The van der Waals surface area contributed by atoms with E-state index in [1.807, 2.05) is 24.3 Å². The monoisotopic (exact) mass is 476 g/mol. The highest BCUT2D eigenvalue weighted by Crippen LogP contribution is 2.36. The summed E-state index contributed by atoms with van der Waals surface area (Å²) in [6.07, 6.45) is 4.03. The lowest BCUT2D eigenvalue weighted by Crippen LogP contribution is -2.41. The molecular weight excluding hydrogens is 443 g/mol. The molecule has 0 amide bonds. The number of rotatable bonds is 10. The number of hydrogen-bond donors (Lipinski definition) is 0. The summed E-state index contributed by atoms with van der Waals surface area (Å²) in [5.74, 6) is -0.125. The van der Waals surface area contributed by atoms with Gasteiger partial charge in [0.2, 0.25) is 0 Å². The van der Waals surface area contributed by atoms with Gasteiger partial charge < -0.3 is 24.0 Å². The fraction of sp³-hybridized carbons (Fsp3) is 0.538. The van der Waals surface area contributed by atoms with E-state index in [4.69, 9.17) is 25.8 Å². The number of likely N-dealkylation sites (tertiary alicyclic amines) is 1. The van der Waals surface area contributed by atoms with Crippen LogP contribution in [0.2, 0.25) is 5.02 Å². The summed E-state index contributed by atoms with van der Waals surface area (Å²) in [7, 11) is 2.16. The molecule has 4 rings (SSSR count). The highest BCUT2D eigenvalue weighted by Gasteiger charge is 2.38. The molecule has 2 aromatic rings. The maximum absolute atomic E-state index is 13.3. The zero-order chi connectivity index (χ0) is 23.1. The Bertz CT molecular complexity index is 868. The summed E-state index contributed by atoms with van der Waals surface area (Å²) >= 11 is 6.05. The molecule has 2 aromatic carbocycles. The van der Waals surface area contributed by atoms with Crippen molar-refractivity contribution in [2.75, 3.05) is 53.0 Å². The number of benzene rings is 2. The van der Waals surface area contributed by atoms with E-state index >= 15 is 0 Å². The Morgan fingerprint density at radius 3 is 2.52 bits per heavy atom. The minimum Gasteiger partial charge on any atom is -0.490 e. The first kappa shape index (κ1) is 24.4. The van der Waals surface area contributed by atoms with Crippen molar-refractivity contribution >= 4 is 11.6 Å². The molecule has 0 atom stereocenters. The molecule has 2 saturated heterocycles. The normalized spacial score (nSPS) is 19.3. The quantitative estimate of drug-likeness (QED) is 0.485. The number of nitrogens with zero attached hydrogens (tertiary/aromatic N) is 2.